The number of hydrogen-bond donors (Lipinski definition) is 2. The molecule has 27 heavy (non-hydrogen) atoms. The van der Waals surface area contributed by atoms with Gasteiger partial charge in [0.1, 0.15) is 0 Å². The number of carbonyl (C=O) groups excluding carboxylic acids is 1. The van der Waals surface area contributed by atoms with E-state index >= 15 is 0 Å². The predicted molar refractivity (Wildman–Crippen MR) is 106 cm³/mol. The molecule has 0 radical (unpaired) electrons. The van der Waals surface area contributed by atoms with Crippen LogP contribution in [0.25, 0.3) is 0 Å². The Morgan fingerprint density at radius 1 is 0.926 bits per heavy atom. The zero-order valence-corrected chi connectivity index (χ0v) is 16.5. The second kappa shape index (κ2) is 7.80. The summed E-state index contributed by atoms with van der Waals surface area (Å²) in [6.45, 7) is 2.12. The Hall–Kier alpha value is -1.60. The van der Waals surface area contributed by atoms with Crippen molar-refractivity contribution in [3.63, 3.8) is 0 Å². The fourth-order valence-electron chi connectivity index (χ4n) is 4.32. The lowest BCUT2D eigenvalue weighted by Crippen LogP contribution is -2.46. The molecule has 1 aromatic carbocycles. The smallest absolute Gasteiger partial charge is 0.319 e. The molecule has 0 aromatic heterocycles. The van der Waals surface area contributed by atoms with E-state index in [1.54, 1.807) is 24.3 Å². The Bertz CT molecular complexity index is 760. The number of anilines is 1. The number of hydrogen-bond acceptors (Lipinski definition) is 4. The minimum Gasteiger partial charge on any atom is -0.335 e. The van der Waals surface area contributed by atoms with Crippen LogP contribution in [0.2, 0.25) is 0 Å². The maximum absolute atomic E-state index is 12.6. The lowest BCUT2D eigenvalue weighted by atomic mass is 10.1. The maximum Gasteiger partial charge on any atom is 0.319 e. The van der Waals surface area contributed by atoms with Crippen molar-refractivity contribution in [3.05, 3.63) is 24.3 Å². The van der Waals surface area contributed by atoms with Crippen LogP contribution in [0, 0.1) is 0 Å². The molecule has 7 heteroatoms. The Morgan fingerprint density at radius 3 is 2.15 bits per heavy atom. The summed E-state index contributed by atoms with van der Waals surface area (Å²) < 4.78 is 25.2. The number of piperidine rings is 1. The molecule has 148 valence electrons. The Labute approximate surface area is 161 Å². The third kappa shape index (κ3) is 4.46. The van der Waals surface area contributed by atoms with E-state index in [2.05, 4.69) is 15.5 Å². The molecular formula is C20H29N3O3S. The standard InChI is InChI=1S/C20H29N3O3S/c24-20(22-16-11-13-23(14-12-16)17-7-8-17)21-15-5-9-19(10-6-15)27(25,26)18-3-1-2-4-18/h5-6,9-10,16-18H,1-4,7-8,11-14H2,(H2,21,22,24). The molecule has 1 heterocycles. The number of likely N-dealkylation sites (tertiary alicyclic amines) is 1. The highest BCUT2D eigenvalue weighted by Gasteiger charge is 2.32. The number of rotatable bonds is 5. The van der Waals surface area contributed by atoms with Crippen LogP contribution in [-0.4, -0.2) is 49.8 Å². The third-order valence-corrected chi connectivity index (χ3v) is 8.39. The summed E-state index contributed by atoms with van der Waals surface area (Å²) in [5.41, 5.74) is 0.619. The van der Waals surface area contributed by atoms with Gasteiger partial charge in [0.2, 0.25) is 0 Å². The van der Waals surface area contributed by atoms with E-state index in [9.17, 15) is 13.2 Å². The first kappa shape index (κ1) is 18.7. The highest BCUT2D eigenvalue weighted by Crippen LogP contribution is 2.30. The highest BCUT2D eigenvalue weighted by atomic mass is 32.2. The summed E-state index contributed by atoms with van der Waals surface area (Å²) in [7, 11) is -3.25. The van der Waals surface area contributed by atoms with Gasteiger partial charge in [0, 0.05) is 30.9 Å². The van der Waals surface area contributed by atoms with E-state index in [1.165, 1.54) is 12.8 Å². The van der Waals surface area contributed by atoms with Crippen molar-refractivity contribution in [1.29, 1.82) is 0 Å². The Kier molecular flexibility index (Phi) is 5.41. The summed E-state index contributed by atoms with van der Waals surface area (Å²) >= 11 is 0. The van der Waals surface area contributed by atoms with Gasteiger partial charge in [-0.1, -0.05) is 12.8 Å². The summed E-state index contributed by atoms with van der Waals surface area (Å²) in [4.78, 5) is 15.1. The molecule has 4 rings (SSSR count). The van der Waals surface area contributed by atoms with Crippen LogP contribution in [0.5, 0.6) is 0 Å². The molecule has 0 atom stereocenters. The number of urea groups is 1. The minimum atomic E-state index is -3.25. The van der Waals surface area contributed by atoms with E-state index in [1.807, 2.05) is 0 Å². The van der Waals surface area contributed by atoms with Gasteiger partial charge in [-0.15, -0.1) is 0 Å². The van der Waals surface area contributed by atoms with Crippen molar-refractivity contribution in [2.75, 3.05) is 18.4 Å². The zero-order chi connectivity index (χ0) is 18.9. The molecule has 2 amide bonds. The minimum absolute atomic E-state index is 0.210. The van der Waals surface area contributed by atoms with Gasteiger partial charge in [0.15, 0.2) is 9.84 Å². The number of benzene rings is 1. The summed E-state index contributed by atoms with van der Waals surface area (Å²) in [6.07, 6.45) is 8.11. The summed E-state index contributed by atoms with van der Waals surface area (Å²) in [5.74, 6) is 0. The molecule has 6 nitrogen and oxygen atoms in total. The molecule has 0 unspecified atom stereocenters. The zero-order valence-electron chi connectivity index (χ0n) is 15.7. The average molecular weight is 392 g/mol. The van der Waals surface area contributed by atoms with Crippen LogP contribution in [0.1, 0.15) is 51.4 Å². The fraction of sp³-hybridized carbons (Fsp3) is 0.650. The third-order valence-electron chi connectivity index (χ3n) is 6.11. The van der Waals surface area contributed by atoms with E-state index < -0.39 is 9.84 Å². The van der Waals surface area contributed by atoms with Gasteiger partial charge in [-0.3, -0.25) is 0 Å². The van der Waals surface area contributed by atoms with Gasteiger partial charge in [0.05, 0.1) is 10.1 Å². The molecule has 2 aliphatic carbocycles. The van der Waals surface area contributed by atoms with Crippen molar-refractivity contribution >= 4 is 21.6 Å². The van der Waals surface area contributed by atoms with Crippen LogP contribution in [0.15, 0.2) is 29.2 Å². The lowest BCUT2D eigenvalue weighted by Gasteiger charge is -2.32. The monoisotopic (exact) mass is 391 g/mol. The SMILES string of the molecule is O=C(Nc1ccc(S(=O)(=O)C2CCCC2)cc1)NC1CCN(C2CC2)CC1. The molecule has 2 saturated carbocycles. The van der Waals surface area contributed by atoms with Gasteiger partial charge < -0.3 is 15.5 Å². The fourth-order valence-corrected chi connectivity index (χ4v) is 6.17. The van der Waals surface area contributed by atoms with Crippen LogP contribution >= 0.6 is 0 Å². The van der Waals surface area contributed by atoms with Crippen molar-refractivity contribution in [2.45, 2.75) is 73.6 Å². The predicted octanol–water partition coefficient (Wildman–Crippen LogP) is 3.15. The number of carbonyl (C=O) groups is 1. The first-order valence-corrected chi connectivity index (χ1v) is 11.7. The van der Waals surface area contributed by atoms with Gasteiger partial charge in [-0.2, -0.15) is 0 Å². The first-order valence-electron chi connectivity index (χ1n) is 10.2. The largest absolute Gasteiger partial charge is 0.335 e. The van der Waals surface area contributed by atoms with Crippen LogP contribution < -0.4 is 10.6 Å². The molecule has 1 aromatic rings. The second-order valence-corrected chi connectivity index (χ2v) is 10.3. The van der Waals surface area contributed by atoms with Crippen molar-refractivity contribution in [3.8, 4) is 0 Å². The van der Waals surface area contributed by atoms with Crippen LogP contribution in [0.4, 0.5) is 10.5 Å². The van der Waals surface area contributed by atoms with E-state index in [0.717, 1.165) is 57.7 Å². The quantitative estimate of drug-likeness (QED) is 0.808. The lowest BCUT2D eigenvalue weighted by molar-refractivity contribution is 0.189. The molecule has 3 fully saturated rings. The van der Waals surface area contributed by atoms with Gasteiger partial charge in [0.25, 0.3) is 0 Å². The van der Waals surface area contributed by atoms with Gasteiger partial charge in [-0.25, -0.2) is 13.2 Å². The summed E-state index contributed by atoms with van der Waals surface area (Å²) in [6, 6.07) is 7.36. The van der Waals surface area contributed by atoms with Crippen molar-refractivity contribution < 1.29 is 13.2 Å². The van der Waals surface area contributed by atoms with Crippen molar-refractivity contribution in [1.82, 2.24) is 10.2 Å². The maximum atomic E-state index is 12.6. The second-order valence-electron chi connectivity index (χ2n) is 8.12. The number of sulfone groups is 1. The Balaban J connectivity index is 1.28. The van der Waals surface area contributed by atoms with Gasteiger partial charge in [-0.05, 0) is 62.8 Å². The molecule has 3 aliphatic rings. The van der Waals surface area contributed by atoms with Crippen molar-refractivity contribution in [2.24, 2.45) is 0 Å². The first-order chi connectivity index (χ1) is 13.0. The topological polar surface area (TPSA) is 78.5 Å². The number of amides is 2. The normalized spacial score (nSPS) is 22.7. The average Bonchev–Trinajstić information content (AvgIpc) is 3.35. The molecule has 2 N–H and O–H groups in total. The van der Waals surface area contributed by atoms with E-state index in [4.69, 9.17) is 0 Å². The van der Waals surface area contributed by atoms with Crippen LogP contribution in [0.3, 0.4) is 0 Å². The highest BCUT2D eigenvalue weighted by molar-refractivity contribution is 7.92. The molecular weight excluding hydrogens is 362 g/mol. The molecule has 1 saturated heterocycles. The van der Waals surface area contributed by atoms with Crippen LogP contribution in [-0.2, 0) is 9.84 Å². The molecule has 1 aliphatic heterocycles. The summed E-state index contributed by atoms with van der Waals surface area (Å²) in [5, 5.41) is 5.62. The molecule has 0 bridgehead atoms. The van der Waals surface area contributed by atoms with Gasteiger partial charge >= 0.3 is 6.03 Å². The number of nitrogens with zero attached hydrogens (tertiary/aromatic N) is 1. The Morgan fingerprint density at radius 2 is 1.56 bits per heavy atom. The number of nitrogens with one attached hydrogen (secondary N) is 2. The van der Waals surface area contributed by atoms with E-state index in [0.29, 0.717) is 10.6 Å². The molecule has 0 spiro atoms. The van der Waals surface area contributed by atoms with E-state index in [-0.39, 0.29) is 17.3 Å².